The summed E-state index contributed by atoms with van der Waals surface area (Å²) in [6.07, 6.45) is 0. The third-order valence-corrected chi connectivity index (χ3v) is 3.64. The van der Waals surface area contributed by atoms with Crippen LogP contribution in [0.4, 0.5) is 5.69 Å². The van der Waals surface area contributed by atoms with Crippen LogP contribution >= 0.6 is 23.8 Å². The van der Waals surface area contributed by atoms with Crippen LogP contribution in [0.15, 0.2) is 48.5 Å². The second-order valence-electron chi connectivity index (χ2n) is 5.32. The predicted molar refractivity (Wildman–Crippen MR) is 98.3 cm³/mol. The van der Waals surface area contributed by atoms with Gasteiger partial charge >= 0.3 is 0 Å². The number of benzene rings is 2. The molecule has 0 unspecified atom stereocenters. The van der Waals surface area contributed by atoms with Gasteiger partial charge in [-0.1, -0.05) is 35.9 Å². The van der Waals surface area contributed by atoms with E-state index < -0.39 is 0 Å². The smallest absolute Gasteiger partial charge is 0.171 e. The highest BCUT2D eigenvalue weighted by Crippen LogP contribution is 2.14. The first-order valence-electron chi connectivity index (χ1n) is 7.06. The molecule has 0 saturated heterocycles. The molecular weight excluding hydrogens is 314 g/mol. The molecule has 0 aliphatic carbocycles. The summed E-state index contributed by atoms with van der Waals surface area (Å²) in [5.74, 6) is 0. The second-order valence-corrected chi connectivity index (χ2v) is 6.17. The molecule has 0 aromatic heterocycles. The highest BCUT2D eigenvalue weighted by atomic mass is 35.5. The maximum absolute atomic E-state index is 5.87. The predicted octanol–water partition coefficient (Wildman–Crippen LogP) is 3.89. The Balaban J connectivity index is 1.92. The molecule has 0 aliphatic heterocycles. The van der Waals surface area contributed by atoms with Crippen molar-refractivity contribution in [2.24, 2.45) is 0 Å². The summed E-state index contributed by atoms with van der Waals surface area (Å²) >= 11 is 11.2. The molecule has 0 atom stereocenters. The summed E-state index contributed by atoms with van der Waals surface area (Å²) in [5.41, 5.74) is 3.47. The Morgan fingerprint density at radius 1 is 1.05 bits per heavy atom. The van der Waals surface area contributed by atoms with Crippen molar-refractivity contribution in [2.45, 2.75) is 13.1 Å². The summed E-state index contributed by atoms with van der Waals surface area (Å²) in [5, 5.41) is 7.70. The number of halogens is 1. The van der Waals surface area contributed by atoms with Gasteiger partial charge in [0.1, 0.15) is 0 Å². The third-order valence-electron chi connectivity index (χ3n) is 3.15. The van der Waals surface area contributed by atoms with Crippen molar-refractivity contribution in [2.75, 3.05) is 19.4 Å². The first-order chi connectivity index (χ1) is 10.5. The number of rotatable bonds is 5. The van der Waals surface area contributed by atoms with E-state index in [9.17, 15) is 0 Å². The van der Waals surface area contributed by atoms with Crippen molar-refractivity contribution >= 4 is 34.6 Å². The fourth-order valence-electron chi connectivity index (χ4n) is 2.11. The van der Waals surface area contributed by atoms with Crippen molar-refractivity contribution in [3.8, 4) is 0 Å². The van der Waals surface area contributed by atoms with Crippen LogP contribution in [0.5, 0.6) is 0 Å². The number of hydrogen-bond acceptors (Lipinski definition) is 2. The molecule has 22 heavy (non-hydrogen) atoms. The van der Waals surface area contributed by atoms with Crippen LogP contribution < -0.4 is 10.6 Å². The first-order valence-corrected chi connectivity index (χ1v) is 7.85. The van der Waals surface area contributed by atoms with E-state index >= 15 is 0 Å². The van der Waals surface area contributed by atoms with Crippen LogP contribution in [0.25, 0.3) is 0 Å². The van der Waals surface area contributed by atoms with Crippen LogP contribution in [-0.2, 0) is 13.1 Å². The molecule has 2 aromatic carbocycles. The normalized spacial score (nSPS) is 10.5. The lowest BCUT2D eigenvalue weighted by atomic mass is 10.1. The largest absolute Gasteiger partial charge is 0.358 e. The lowest BCUT2D eigenvalue weighted by Crippen LogP contribution is -2.28. The quantitative estimate of drug-likeness (QED) is 0.812. The van der Waals surface area contributed by atoms with Crippen molar-refractivity contribution in [3.05, 3.63) is 64.7 Å². The highest BCUT2D eigenvalue weighted by molar-refractivity contribution is 7.80. The molecule has 0 spiro atoms. The van der Waals surface area contributed by atoms with E-state index in [-0.39, 0.29) is 0 Å². The minimum atomic E-state index is 0.599. The van der Waals surface area contributed by atoms with E-state index in [1.165, 1.54) is 11.1 Å². The van der Waals surface area contributed by atoms with Gasteiger partial charge < -0.3 is 15.5 Å². The van der Waals surface area contributed by atoms with Crippen LogP contribution in [0, 0.1) is 0 Å². The van der Waals surface area contributed by atoms with Crippen molar-refractivity contribution < 1.29 is 0 Å². The first kappa shape index (κ1) is 16.7. The molecule has 0 saturated carbocycles. The summed E-state index contributed by atoms with van der Waals surface area (Å²) in [4.78, 5) is 2.16. The molecule has 3 nitrogen and oxygen atoms in total. The SMILES string of the molecule is CN(C)Cc1ccccc1CNC(=S)Nc1ccc(Cl)cc1. The van der Waals surface area contributed by atoms with Gasteiger partial charge in [0.25, 0.3) is 0 Å². The van der Waals surface area contributed by atoms with E-state index in [2.05, 4.69) is 47.8 Å². The molecular formula is C17H20ClN3S. The van der Waals surface area contributed by atoms with Gasteiger partial charge in [0, 0.05) is 23.8 Å². The lowest BCUT2D eigenvalue weighted by Gasteiger charge is -2.16. The Morgan fingerprint density at radius 2 is 1.68 bits per heavy atom. The fraction of sp³-hybridized carbons (Fsp3) is 0.235. The van der Waals surface area contributed by atoms with Gasteiger partial charge in [-0.3, -0.25) is 0 Å². The molecule has 0 radical (unpaired) electrons. The van der Waals surface area contributed by atoms with E-state index in [0.717, 1.165) is 12.2 Å². The summed E-state index contributed by atoms with van der Waals surface area (Å²) in [6, 6.07) is 15.8. The number of anilines is 1. The van der Waals surface area contributed by atoms with Crippen molar-refractivity contribution in [1.82, 2.24) is 10.2 Å². The maximum atomic E-state index is 5.87. The molecule has 0 heterocycles. The molecule has 2 rings (SSSR count). The summed E-state index contributed by atoms with van der Waals surface area (Å²) < 4.78 is 0. The van der Waals surface area contributed by atoms with Crippen LogP contribution in [0.3, 0.4) is 0 Å². The van der Waals surface area contributed by atoms with E-state index in [1.807, 2.05) is 30.3 Å². The van der Waals surface area contributed by atoms with Gasteiger partial charge in [-0.25, -0.2) is 0 Å². The van der Waals surface area contributed by atoms with Crippen LogP contribution in [0.1, 0.15) is 11.1 Å². The number of nitrogens with zero attached hydrogens (tertiary/aromatic N) is 1. The van der Waals surface area contributed by atoms with E-state index in [0.29, 0.717) is 16.7 Å². The summed E-state index contributed by atoms with van der Waals surface area (Å²) in [7, 11) is 4.13. The van der Waals surface area contributed by atoms with Gasteiger partial charge in [-0.15, -0.1) is 0 Å². The Labute approximate surface area is 142 Å². The molecule has 0 aliphatic rings. The monoisotopic (exact) mass is 333 g/mol. The molecule has 5 heteroatoms. The molecule has 0 bridgehead atoms. The Bertz CT molecular complexity index is 626. The Kier molecular flexibility index (Phi) is 6.19. The molecule has 0 amide bonds. The number of nitrogens with one attached hydrogen (secondary N) is 2. The van der Waals surface area contributed by atoms with Gasteiger partial charge in [0.2, 0.25) is 0 Å². The van der Waals surface area contributed by atoms with Gasteiger partial charge in [-0.2, -0.15) is 0 Å². The Hall–Kier alpha value is -1.62. The van der Waals surface area contributed by atoms with E-state index in [1.54, 1.807) is 0 Å². The molecule has 2 aromatic rings. The number of thiocarbonyl (C=S) groups is 1. The highest BCUT2D eigenvalue weighted by Gasteiger charge is 2.04. The zero-order chi connectivity index (χ0) is 15.9. The van der Waals surface area contributed by atoms with Gasteiger partial charge in [0.05, 0.1) is 0 Å². The average Bonchev–Trinajstić information content (AvgIpc) is 2.48. The second kappa shape index (κ2) is 8.13. The molecule has 116 valence electrons. The zero-order valence-electron chi connectivity index (χ0n) is 12.8. The zero-order valence-corrected chi connectivity index (χ0v) is 14.3. The fourth-order valence-corrected chi connectivity index (χ4v) is 2.42. The molecule has 2 N–H and O–H groups in total. The molecule has 0 fully saturated rings. The maximum Gasteiger partial charge on any atom is 0.171 e. The van der Waals surface area contributed by atoms with Gasteiger partial charge in [-0.05, 0) is 61.7 Å². The minimum absolute atomic E-state index is 0.599. The third kappa shape index (κ3) is 5.30. The van der Waals surface area contributed by atoms with Crippen molar-refractivity contribution in [3.63, 3.8) is 0 Å². The van der Waals surface area contributed by atoms with Crippen molar-refractivity contribution in [1.29, 1.82) is 0 Å². The summed E-state index contributed by atoms with van der Waals surface area (Å²) in [6.45, 7) is 1.61. The van der Waals surface area contributed by atoms with E-state index in [4.69, 9.17) is 23.8 Å². The minimum Gasteiger partial charge on any atom is -0.358 e. The Morgan fingerprint density at radius 3 is 2.32 bits per heavy atom. The number of hydrogen-bond donors (Lipinski definition) is 2. The standard InChI is InChI=1S/C17H20ClN3S/c1-21(2)12-14-6-4-3-5-13(14)11-19-17(22)20-16-9-7-15(18)8-10-16/h3-10H,11-12H2,1-2H3,(H2,19,20,22). The van der Waals surface area contributed by atoms with Crippen LogP contribution in [-0.4, -0.2) is 24.1 Å². The topological polar surface area (TPSA) is 27.3 Å². The average molecular weight is 334 g/mol. The lowest BCUT2D eigenvalue weighted by molar-refractivity contribution is 0.401. The van der Waals surface area contributed by atoms with Crippen LogP contribution in [0.2, 0.25) is 5.02 Å². The van der Waals surface area contributed by atoms with Gasteiger partial charge in [0.15, 0.2) is 5.11 Å².